The molecule has 0 unspecified atom stereocenters. The van der Waals surface area contributed by atoms with Crippen LogP contribution in [0.4, 0.5) is 18.9 Å². The van der Waals surface area contributed by atoms with E-state index in [4.69, 9.17) is 4.74 Å². The highest BCUT2D eigenvalue weighted by Gasteiger charge is 2.33. The van der Waals surface area contributed by atoms with Gasteiger partial charge in [0.2, 0.25) is 0 Å². The lowest BCUT2D eigenvalue weighted by Gasteiger charge is -2.11. The standard InChI is InChI=1S/C19H17F3N4O3S/c1-29-18(28)12-8-16-23-11(6-7-30-2)9-26(16)10-14(12)25-17(27)13-4-3-5-15(24-13)19(20,21)22/h3-5,8-10H,6-7H2,1-2H3,(H,25,27). The third-order valence-corrected chi connectivity index (χ3v) is 4.74. The summed E-state index contributed by atoms with van der Waals surface area (Å²) in [4.78, 5) is 32.5. The number of aryl methyl sites for hydroxylation is 1. The van der Waals surface area contributed by atoms with Crippen LogP contribution in [0.15, 0.2) is 36.7 Å². The number of rotatable bonds is 6. The van der Waals surface area contributed by atoms with Gasteiger partial charge in [0.15, 0.2) is 0 Å². The van der Waals surface area contributed by atoms with Gasteiger partial charge in [-0.05, 0) is 30.2 Å². The second kappa shape index (κ2) is 8.74. The molecule has 0 atom stereocenters. The van der Waals surface area contributed by atoms with E-state index < -0.39 is 29.4 Å². The van der Waals surface area contributed by atoms with Gasteiger partial charge in [0.25, 0.3) is 5.91 Å². The highest BCUT2D eigenvalue weighted by atomic mass is 32.2. The molecule has 0 aliphatic heterocycles. The fourth-order valence-electron chi connectivity index (χ4n) is 2.70. The van der Waals surface area contributed by atoms with Crippen molar-refractivity contribution in [2.75, 3.05) is 24.4 Å². The van der Waals surface area contributed by atoms with Gasteiger partial charge in [0.1, 0.15) is 17.0 Å². The third-order valence-electron chi connectivity index (χ3n) is 4.13. The number of carbonyl (C=O) groups excluding carboxylic acids is 2. The Balaban J connectivity index is 1.97. The number of anilines is 1. The summed E-state index contributed by atoms with van der Waals surface area (Å²) < 4.78 is 45.0. The van der Waals surface area contributed by atoms with Crippen molar-refractivity contribution >= 4 is 35.0 Å². The Kier molecular flexibility index (Phi) is 6.30. The maximum Gasteiger partial charge on any atom is 0.433 e. The number of halogens is 3. The molecule has 0 aliphatic rings. The van der Waals surface area contributed by atoms with Crippen molar-refractivity contribution in [3.05, 3.63) is 59.3 Å². The van der Waals surface area contributed by atoms with E-state index in [0.717, 1.165) is 29.6 Å². The number of alkyl halides is 3. The van der Waals surface area contributed by atoms with E-state index in [1.807, 2.05) is 6.26 Å². The van der Waals surface area contributed by atoms with Crippen LogP contribution in [-0.4, -0.2) is 45.4 Å². The Morgan fingerprint density at radius 1 is 1.23 bits per heavy atom. The summed E-state index contributed by atoms with van der Waals surface area (Å²) >= 11 is 1.66. The predicted molar refractivity (Wildman–Crippen MR) is 106 cm³/mol. The van der Waals surface area contributed by atoms with Crippen molar-refractivity contribution in [1.29, 1.82) is 0 Å². The van der Waals surface area contributed by atoms with Crippen LogP contribution in [0.1, 0.15) is 32.2 Å². The molecule has 3 aromatic heterocycles. The lowest BCUT2D eigenvalue weighted by Crippen LogP contribution is -2.19. The SMILES string of the molecule is COC(=O)c1cc2nc(CCSC)cn2cc1NC(=O)c1cccc(C(F)(F)F)n1. The fraction of sp³-hybridized carbons (Fsp3) is 0.263. The topological polar surface area (TPSA) is 85.6 Å². The number of esters is 1. The van der Waals surface area contributed by atoms with E-state index in [2.05, 4.69) is 15.3 Å². The van der Waals surface area contributed by atoms with Crippen molar-refractivity contribution in [3.63, 3.8) is 0 Å². The average Bonchev–Trinajstić information content (AvgIpc) is 3.12. The van der Waals surface area contributed by atoms with E-state index in [-0.39, 0.29) is 11.3 Å². The molecule has 30 heavy (non-hydrogen) atoms. The average molecular weight is 438 g/mol. The molecule has 7 nitrogen and oxygen atoms in total. The normalized spacial score (nSPS) is 11.5. The maximum absolute atomic E-state index is 12.9. The molecule has 3 aromatic rings. The van der Waals surface area contributed by atoms with Crippen LogP contribution in [0.2, 0.25) is 0 Å². The van der Waals surface area contributed by atoms with E-state index >= 15 is 0 Å². The van der Waals surface area contributed by atoms with Crippen LogP contribution in [0.3, 0.4) is 0 Å². The van der Waals surface area contributed by atoms with Gasteiger partial charge in [-0.25, -0.2) is 14.8 Å². The first kappa shape index (κ1) is 21.6. The van der Waals surface area contributed by atoms with Crippen LogP contribution >= 0.6 is 11.8 Å². The quantitative estimate of drug-likeness (QED) is 0.591. The number of imidazole rings is 1. The summed E-state index contributed by atoms with van der Waals surface area (Å²) in [5, 5.41) is 2.44. The molecule has 1 N–H and O–H groups in total. The number of thioether (sulfide) groups is 1. The van der Waals surface area contributed by atoms with Gasteiger partial charge >= 0.3 is 12.1 Å². The molecule has 0 saturated heterocycles. The van der Waals surface area contributed by atoms with Gasteiger partial charge in [0, 0.05) is 18.8 Å². The Hall–Kier alpha value is -3.08. The minimum absolute atomic E-state index is 0.0207. The summed E-state index contributed by atoms with van der Waals surface area (Å²) in [6.45, 7) is 0. The molecular weight excluding hydrogens is 421 g/mol. The van der Waals surface area contributed by atoms with Gasteiger partial charge < -0.3 is 14.5 Å². The van der Waals surface area contributed by atoms with Gasteiger partial charge in [-0.1, -0.05) is 6.07 Å². The van der Waals surface area contributed by atoms with Gasteiger partial charge in [-0.15, -0.1) is 0 Å². The third kappa shape index (κ3) is 4.73. The van der Waals surface area contributed by atoms with Crippen LogP contribution in [0.5, 0.6) is 0 Å². The largest absolute Gasteiger partial charge is 0.465 e. The first-order valence-corrected chi connectivity index (χ1v) is 10.1. The molecule has 1 amide bonds. The van der Waals surface area contributed by atoms with E-state index in [1.54, 1.807) is 22.4 Å². The van der Waals surface area contributed by atoms with Gasteiger partial charge in [-0.3, -0.25) is 4.79 Å². The summed E-state index contributed by atoms with van der Waals surface area (Å²) in [7, 11) is 1.18. The number of amides is 1. The lowest BCUT2D eigenvalue weighted by molar-refractivity contribution is -0.141. The molecule has 0 radical (unpaired) electrons. The molecule has 3 rings (SSSR count). The number of carbonyl (C=O) groups is 2. The first-order valence-electron chi connectivity index (χ1n) is 8.67. The van der Waals surface area contributed by atoms with Crippen LogP contribution in [0, 0.1) is 0 Å². The molecule has 11 heteroatoms. The number of ether oxygens (including phenoxy) is 1. The number of aromatic nitrogens is 3. The zero-order chi connectivity index (χ0) is 21.9. The first-order chi connectivity index (χ1) is 14.2. The second-order valence-corrected chi connectivity index (χ2v) is 7.18. The Morgan fingerprint density at radius 3 is 2.67 bits per heavy atom. The zero-order valence-electron chi connectivity index (χ0n) is 16.0. The monoisotopic (exact) mass is 438 g/mol. The molecule has 0 saturated carbocycles. The molecular formula is C19H17F3N4O3S. The molecule has 158 valence electrons. The highest BCUT2D eigenvalue weighted by Crippen LogP contribution is 2.27. The van der Waals surface area contributed by atoms with Gasteiger partial charge in [0.05, 0.1) is 24.1 Å². The summed E-state index contributed by atoms with van der Waals surface area (Å²) in [6, 6.07) is 4.45. The zero-order valence-corrected chi connectivity index (χ0v) is 16.8. The predicted octanol–water partition coefficient (Wildman–Crippen LogP) is 3.69. The fourth-order valence-corrected chi connectivity index (χ4v) is 3.11. The van der Waals surface area contributed by atoms with E-state index in [1.165, 1.54) is 19.4 Å². The highest BCUT2D eigenvalue weighted by molar-refractivity contribution is 7.98. The van der Waals surface area contributed by atoms with Gasteiger partial charge in [-0.2, -0.15) is 24.9 Å². The number of pyridine rings is 2. The molecule has 0 aromatic carbocycles. The van der Waals surface area contributed by atoms with E-state index in [0.29, 0.717) is 12.1 Å². The summed E-state index contributed by atoms with van der Waals surface area (Å²) in [6.07, 6.45) is 1.22. The number of fused-ring (bicyclic) bond motifs is 1. The Labute approximate surface area is 173 Å². The second-order valence-electron chi connectivity index (χ2n) is 6.19. The van der Waals surface area contributed by atoms with Crippen molar-refractivity contribution in [1.82, 2.24) is 14.4 Å². The summed E-state index contributed by atoms with van der Waals surface area (Å²) in [5.41, 5.74) is -0.275. The van der Waals surface area contributed by atoms with Crippen LogP contribution in [0.25, 0.3) is 5.65 Å². The minimum Gasteiger partial charge on any atom is -0.465 e. The number of methoxy groups -OCH3 is 1. The minimum atomic E-state index is -4.68. The number of nitrogens with zero attached hydrogens (tertiary/aromatic N) is 3. The molecule has 0 fully saturated rings. The van der Waals surface area contributed by atoms with Crippen molar-refractivity contribution in [3.8, 4) is 0 Å². The molecule has 3 heterocycles. The Morgan fingerprint density at radius 2 is 2.00 bits per heavy atom. The maximum atomic E-state index is 12.9. The van der Waals surface area contributed by atoms with Crippen molar-refractivity contribution < 1.29 is 27.5 Å². The number of hydrogen-bond acceptors (Lipinski definition) is 6. The molecule has 0 spiro atoms. The summed E-state index contributed by atoms with van der Waals surface area (Å²) in [5.74, 6) is -0.759. The molecule has 0 bridgehead atoms. The van der Waals surface area contributed by atoms with Crippen LogP contribution in [-0.2, 0) is 17.3 Å². The van der Waals surface area contributed by atoms with Crippen LogP contribution < -0.4 is 5.32 Å². The van der Waals surface area contributed by atoms with E-state index in [9.17, 15) is 22.8 Å². The lowest BCUT2D eigenvalue weighted by atomic mass is 10.2. The smallest absolute Gasteiger partial charge is 0.433 e. The van der Waals surface area contributed by atoms with Crippen molar-refractivity contribution in [2.24, 2.45) is 0 Å². The van der Waals surface area contributed by atoms with Crippen molar-refractivity contribution in [2.45, 2.75) is 12.6 Å². The molecule has 0 aliphatic carbocycles. The number of nitrogens with one attached hydrogen (secondary N) is 1. The Bertz CT molecular complexity index is 1100. The number of hydrogen-bond donors (Lipinski definition) is 1.